The van der Waals surface area contributed by atoms with E-state index in [-0.39, 0.29) is 18.2 Å². The molecule has 3 aromatic rings. The number of aromatic hydroxyl groups is 1. The van der Waals surface area contributed by atoms with Crippen LogP contribution in [0.5, 0.6) is 5.75 Å². The molecule has 0 aliphatic carbocycles. The molecule has 0 bridgehead atoms. The second kappa shape index (κ2) is 12.7. The molecule has 0 aliphatic rings. The van der Waals surface area contributed by atoms with E-state index < -0.39 is 35.6 Å². The average Bonchev–Trinajstić information content (AvgIpc) is 2.87. The highest BCUT2D eigenvalue weighted by atomic mass is 16.6. The fourth-order valence-electron chi connectivity index (χ4n) is 4.39. The van der Waals surface area contributed by atoms with E-state index in [9.17, 15) is 19.5 Å². The monoisotopic (exact) mass is 545 g/mol. The summed E-state index contributed by atoms with van der Waals surface area (Å²) >= 11 is 0. The van der Waals surface area contributed by atoms with Crippen LogP contribution in [0, 0.1) is 12.8 Å². The molecule has 3 aromatic carbocycles. The third-order valence-corrected chi connectivity index (χ3v) is 6.33. The van der Waals surface area contributed by atoms with Crippen LogP contribution in [-0.4, -0.2) is 46.1 Å². The quantitative estimate of drug-likeness (QED) is 0.282. The molecule has 3 N–H and O–H groups in total. The number of nitrogens with zero attached hydrogens (tertiary/aromatic N) is 1. The van der Waals surface area contributed by atoms with E-state index in [1.54, 1.807) is 59.7 Å². The van der Waals surface area contributed by atoms with Crippen molar-refractivity contribution in [1.82, 2.24) is 10.2 Å². The molecule has 2 atom stereocenters. The van der Waals surface area contributed by atoms with Gasteiger partial charge < -0.3 is 25.4 Å². The Hall–Kier alpha value is -4.33. The van der Waals surface area contributed by atoms with E-state index >= 15 is 0 Å². The van der Waals surface area contributed by atoms with Crippen LogP contribution >= 0.6 is 0 Å². The molecule has 0 aliphatic heterocycles. The zero-order chi connectivity index (χ0) is 29.6. The first-order valence-corrected chi connectivity index (χ1v) is 13.3. The van der Waals surface area contributed by atoms with Gasteiger partial charge in [0.05, 0.1) is 0 Å². The van der Waals surface area contributed by atoms with E-state index in [0.29, 0.717) is 16.8 Å². The van der Waals surface area contributed by atoms with Gasteiger partial charge in [0.1, 0.15) is 23.4 Å². The highest BCUT2D eigenvalue weighted by molar-refractivity contribution is 6.00. The Balaban J connectivity index is 2.03. The standard InChI is InChI=1S/C32H39N3O5/c1-8-17-35(30(38)27(20(2)3)34-31(39)40-32(5,6)7)28(24-14-16-26(36)21(4)18-24)29(37)33-25-15-13-22-11-9-10-12-23(22)19-25/h8-16,18-20,27-28,36H,1,17H2,2-7H3,(H,33,37)(H,34,39). The predicted octanol–water partition coefficient (Wildman–Crippen LogP) is 6.10. The maximum Gasteiger partial charge on any atom is 0.408 e. The number of carbonyl (C=O) groups excluding carboxylic acids is 3. The highest BCUT2D eigenvalue weighted by Crippen LogP contribution is 2.29. The van der Waals surface area contributed by atoms with E-state index in [4.69, 9.17) is 4.74 Å². The number of rotatable bonds is 9. The maximum atomic E-state index is 14.1. The lowest BCUT2D eigenvalue weighted by molar-refractivity contribution is -0.141. The summed E-state index contributed by atoms with van der Waals surface area (Å²) in [6, 6.07) is 16.1. The number of fused-ring (bicyclic) bond motifs is 1. The molecule has 8 heteroatoms. The predicted molar refractivity (Wildman–Crippen MR) is 158 cm³/mol. The summed E-state index contributed by atoms with van der Waals surface area (Å²) in [7, 11) is 0. The first-order valence-electron chi connectivity index (χ1n) is 13.3. The molecule has 0 saturated heterocycles. The van der Waals surface area contributed by atoms with Crippen molar-refractivity contribution < 1.29 is 24.2 Å². The number of benzene rings is 3. The van der Waals surface area contributed by atoms with Crippen LogP contribution in [-0.2, 0) is 14.3 Å². The van der Waals surface area contributed by atoms with Gasteiger partial charge in [-0.05, 0) is 79.8 Å². The van der Waals surface area contributed by atoms with E-state index in [1.165, 1.54) is 17.0 Å². The molecule has 0 spiro atoms. The van der Waals surface area contributed by atoms with Gasteiger partial charge >= 0.3 is 6.09 Å². The summed E-state index contributed by atoms with van der Waals surface area (Å²) in [5.74, 6) is -1.15. The number of hydrogen-bond donors (Lipinski definition) is 3. The fourth-order valence-corrected chi connectivity index (χ4v) is 4.39. The molecular weight excluding hydrogens is 506 g/mol. The number of carbonyl (C=O) groups is 3. The van der Waals surface area contributed by atoms with Crippen LogP contribution in [0.4, 0.5) is 10.5 Å². The van der Waals surface area contributed by atoms with Gasteiger partial charge in [0.2, 0.25) is 5.91 Å². The molecule has 8 nitrogen and oxygen atoms in total. The van der Waals surface area contributed by atoms with Gasteiger partial charge in [0.25, 0.3) is 5.91 Å². The summed E-state index contributed by atoms with van der Waals surface area (Å²) in [6.07, 6.45) is 0.808. The molecule has 0 saturated carbocycles. The Morgan fingerprint density at radius 2 is 1.70 bits per heavy atom. The lowest BCUT2D eigenvalue weighted by Crippen LogP contribution is -2.54. The van der Waals surface area contributed by atoms with Gasteiger partial charge in [-0.1, -0.05) is 56.3 Å². The van der Waals surface area contributed by atoms with Gasteiger partial charge in [-0.3, -0.25) is 9.59 Å². The first kappa shape index (κ1) is 30.2. The lowest BCUT2D eigenvalue weighted by atomic mass is 9.97. The summed E-state index contributed by atoms with van der Waals surface area (Å²) in [4.78, 5) is 42.0. The van der Waals surface area contributed by atoms with Crippen molar-refractivity contribution in [3.63, 3.8) is 0 Å². The highest BCUT2D eigenvalue weighted by Gasteiger charge is 2.37. The Kier molecular flexibility index (Phi) is 9.58. The number of ether oxygens (including phenoxy) is 1. The van der Waals surface area contributed by atoms with Crippen molar-refractivity contribution in [3.05, 3.63) is 84.4 Å². The van der Waals surface area contributed by atoms with Gasteiger partial charge in [0.15, 0.2) is 0 Å². The minimum atomic E-state index is -1.09. The summed E-state index contributed by atoms with van der Waals surface area (Å²) < 4.78 is 5.40. The molecule has 0 radical (unpaired) electrons. The average molecular weight is 546 g/mol. The normalized spacial score (nSPS) is 12.9. The zero-order valence-corrected chi connectivity index (χ0v) is 24.0. The smallest absolute Gasteiger partial charge is 0.408 e. The Bertz CT molecular complexity index is 1390. The number of phenolic OH excluding ortho intramolecular Hbond substituents is 1. The van der Waals surface area contributed by atoms with Crippen LogP contribution in [0.25, 0.3) is 10.8 Å². The number of nitrogens with one attached hydrogen (secondary N) is 2. The molecule has 212 valence electrons. The maximum absolute atomic E-state index is 14.1. The number of aryl methyl sites for hydroxylation is 1. The number of amides is 3. The van der Waals surface area contributed by atoms with Crippen molar-refractivity contribution in [2.75, 3.05) is 11.9 Å². The first-order chi connectivity index (χ1) is 18.8. The molecule has 0 heterocycles. The summed E-state index contributed by atoms with van der Waals surface area (Å²) in [5.41, 5.74) is 0.881. The Morgan fingerprint density at radius 3 is 2.30 bits per heavy atom. The number of anilines is 1. The Labute approximate surface area is 236 Å². The fraction of sp³-hybridized carbons (Fsp3) is 0.344. The Morgan fingerprint density at radius 1 is 1.02 bits per heavy atom. The third kappa shape index (κ3) is 7.62. The summed E-state index contributed by atoms with van der Waals surface area (Å²) in [6.45, 7) is 14.4. The number of phenols is 1. The van der Waals surface area contributed by atoms with Crippen molar-refractivity contribution in [1.29, 1.82) is 0 Å². The van der Waals surface area contributed by atoms with Crippen LogP contribution in [0.15, 0.2) is 73.3 Å². The lowest BCUT2D eigenvalue weighted by Gasteiger charge is -2.35. The number of hydrogen-bond acceptors (Lipinski definition) is 5. The van der Waals surface area contributed by atoms with Crippen molar-refractivity contribution >= 4 is 34.4 Å². The van der Waals surface area contributed by atoms with Crippen LogP contribution in [0.3, 0.4) is 0 Å². The second-order valence-corrected chi connectivity index (χ2v) is 11.1. The van der Waals surface area contributed by atoms with E-state index in [0.717, 1.165) is 10.8 Å². The zero-order valence-electron chi connectivity index (χ0n) is 24.0. The second-order valence-electron chi connectivity index (χ2n) is 11.1. The molecule has 0 fully saturated rings. The van der Waals surface area contributed by atoms with Crippen LogP contribution in [0.2, 0.25) is 0 Å². The molecule has 0 aromatic heterocycles. The summed E-state index contributed by atoms with van der Waals surface area (Å²) in [5, 5.41) is 17.8. The van der Waals surface area contributed by atoms with Gasteiger partial charge in [-0.15, -0.1) is 6.58 Å². The topological polar surface area (TPSA) is 108 Å². The van der Waals surface area contributed by atoms with Gasteiger partial charge in [-0.25, -0.2) is 4.79 Å². The van der Waals surface area contributed by atoms with Crippen molar-refractivity contribution in [3.8, 4) is 5.75 Å². The SMILES string of the molecule is C=CCN(C(=O)C(NC(=O)OC(C)(C)C)C(C)C)C(C(=O)Nc1ccc2ccccc2c1)c1ccc(O)c(C)c1. The van der Waals surface area contributed by atoms with E-state index in [2.05, 4.69) is 17.2 Å². The minimum absolute atomic E-state index is 0.0355. The van der Waals surface area contributed by atoms with Crippen LogP contribution in [0.1, 0.15) is 51.8 Å². The third-order valence-electron chi connectivity index (χ3n) is 6.33. The molecule has 2 unspecified atom stereocenters. The molecule has 40 heavy (non-hydrogen) atoms. The molecular formula is C32H39N3O5. The van der Waals surface area contributed by atoms with E-state index in [1.807, 2.05) is 36.4 Å². The van der Waals surface area contributed by atoms with Crippen molar-refractivity contribution in [2.45, 2.75) is 59.2 Å². The van der Waals surface area contributed by atoms with Crippen molar-refractivity contribution in [2.24, 2.45) is 5.92 Å². The number of alkyl carbamates (subject to hydrolysis) is 1. The minimum Gasteiger partial charge on any atom is -0.508 e. The van der Waals surface area contributed by atoms with Gasteiger partial charge in [-0.2, -0.15) is 0 Å². The molecule has 3 rings (SSSR count). The van der Waals surface area contributed by atoms with Gasteiger partial charge in [0, 0.05) is 12.2 Å². The van der Waals surface area contributed by atoms with Crippen LogP contribution < -0.4 is 10.6 Å². The largest absolute Gasteiger partial charge is 0.508 e. The molecule has 3 amide bonds.